The van der Waals surface area contributed by atoms with Crippen molar-refractivity contribution in [2.24, 2.45) is 0 Å². The van der Waals surface area contributed by atoms with E-state index in [1.54, 1.807) is 0 Å². The molecule has 17 heavy (non-hydrogen) atoms. The molecule has 0 saturated heterocycles. The van der Waals surface area contributed by atoms with Gasteiger partial charge in [0.1, 0.15) is 0 Å². The summed E-state index contributed by atoms with van der Waals surface area (Å²) in [6.45, 7) is 6.55. The molecule has 0 aromatic rings. The molecule has 0 aromatic carbocycles. The fourth-order valence-corrected chi connectivity index (χ4v) is 1.99. The molecule has 100 valence electrons. The zero-order chi connectivity index (χ0) is 12.7. The average Bonchev–Trinajstić information content (AvgIpc) is 3.08. The third-order valence-electron chi connectivity index (χ3n) is 3.23. The number of carbonyl (C=O) groups excluding carboxylic acids is 1. The van der Waals surface area contributed by atoms with E-state index >= 15 is 0 Å². The number of nitrogens with one attached hydrogen (secondary N) is 2. The molecule has 0 spiro atoms. The molecule has 0 aliphatic heterocycles. The molecule has 1 rings (SSSR count). The Morgan fingerprint density at radius 2 is 2.18 bits per heavy atom. The van der Waals surface area contributed by atoms with E-state index in [2.05, 4.69) is 36.4 Å². The first-order valence-corrected chi connectivity index (χ1v) is 6.83. The molecule has 0 radical (unpaired) electrons. The van der Waals surface area contributed by atoms with Crippen LogP contribution >= 0.6 is 0 Å². The van der Waals surface area contributed by atoms with Gasteiger partial charge in [-0.3, -0.25) is 4.79 Å². The van der Waals surface area contributed by atoms with E-state index in [1.165, 1.54) is 12.8 Å². The summed E-state index contributed by atoms with van der Waals surface area (Å²) in [6.07, 6.45) is 4.84. The molecule has 1 aliphatic carbocycles. The third kappa shape index (κ3) is 6.64. The van der Waals surface area contributed by atoms with Gasteiger partial charge in [0.15, 0.2) is 0 Å². The lowest BCUT2D eigenvalue weighted by atomic mass is 10.2. The van der Waals surface area contributed by atoms with Crippen LogP contribution in [-0.2, 0) is 4.79 Å². The number of hydrogen-bond donors (Lipinski definition) is 2. The van der Waals surface area contributed by atoms with E-state index in [0.29, 0.717) is 12.6 Å². The summed E-state index contributed by atoms with van der Waals surface area (Å²) in [4.78, 5) is 13.9. The van der Waals surface area contributed by atoms with E-state index in [4.69, 9.17) is 0 Å². The van der Waals surface area contributed by atoms with Crippen LogP contribution in [0, 0.1) is 0 Å². The molecule has 2 N–H and O–H groups in total. The van der Waals surface area contributed by atoms with Crippen molar-refractivity contribution in [2.45, 2.75) is 51.6 Å². The Morgan fingerprint density at radius 1 is 1.47 bits per heavy atom. The lowest BCUT2D eigenvalue weighted by Gasteiger charge is -2.16. The quantitative estimate of drug-likeness (QED) is 0.591. The Bertz CT molecular complexity index is 229. The fourth-order valence-electron chi connectivity index (χ4n) is 1.99. The molecule has 0 heterocycles. The maximum atomic E-state index is 11.5. The van der Waals surface area contributed by atoms with Gasteiger partial charge in [0.05, 0.1) is 6.54 Å². The lowest BCUT2D eigenvalue weighted by Crippen LogP contribution is -2.41. The zero-order valence-electron chi connectivity index (χ0n) is 11.5. The fraction of sp³-hybridized carbons (Fsp3) is 0.923. The number of likely N-dealkylation sites (N-methyl/N-ethyl adjacent to an activating group) is 1. The molecule has 1 saturated carbocycles. The number of rotatable bonds is 9. The van der Waals surface area contributed by atoms with Crippen molar-refractivity contribution < 1.29 is 4.79 Å². The number of carbonyl (C=O) groups is 1. The standard InChI is InChI=1S/C13H27N3O/c1-4-5-11(2)15-13(17)10-14-8-9-16(3)12-6-7-12/h11-12,14H,4-10H2,1-3H3,(H,15,17). The van der Waals surface area contributed by atoms with Crippen LogP contribution in [0.4, 0.5) is 0 Å². The van der Waals surface area contributed by atoms with Gasteiger partial charge in [-0.05, 0) is 33.2 Å². The van der Waals surface area contributed by atoms with Gasteiger partial charge in [-0.2, -0.15) is 0 Å². The molecule has 0 aromatic heterocycles. The Kier molecular flexibility index (Phi) is 6.52. The summed E-state index contributed by atoms with van der Waals surface area (Å²) >= 11 is 0. The normalized spacial score (nSPS) is 17.2. The van der Waals surface area contributed by atoms with Crippen molar-refractivity contribution >= 4 is 5.91 Å². The van der Waals surface area contributed by atoms with Gasteiger partial charge in [0.2, 0.25) is 5.91 Å². The Labute approximate surface area is 105 Å². The van der Waals surface area contributed by atoms with Crippen LogP contribution in [-0.4, -0.2) is 49.6 Å². The molecular formula is C13H27N3O. The van der Waals surface area contributed by atoms with E-state index in [0.717, 1.165) is 32.0 Å². The first kappa shape index (κ1) is 14.5. The van der Waals surface area contributed by atoms with Crippen LogP contribution in [0.3, 0.4) is 0 Å². The molecule has 1 aliphatic rings. The van der Waals surface area contributed by atoms with Crippen molar-refractivity contribution in [1.29, 1.82) is 0 Å². The van der Waals surface area contributed by atoms with Crippen LogP contribution in [0.5, 0.6) is 0 Å². The second-order valence-electron chi connectivity index (χ2n) is 5.15. The largest absolute Gasteiger partial charge is 0.353 e. The maximum absolute atomic E-state index is 11.5. The first-order chi connectivity index (χ1) is 8.13. The van der Waals surface area contributed by atoms with Gasteiger partial charge < -0.3 is 15.5 Å². The van der Waals surface area contributed by atoms with E-state index in [1.807, 2.05) is 0 Å². The molecule has 1 amide bonds. The second kappa shape index (κ2) is 7.67. The summed E-state index contributed by atoms with van der Waals surface area (Å²) in [6, 6.07) is 1.10. The highest BCUT2D eigenvalue weighted by Gasteiger charge is 2.25. The average molecular weight is 241 g/mol. The van der Waals surface area contributed by atoms with Crippen molar-refractivity contribution in [1.82, 2.24) is 15.5 Å². The Balaban J connectivity index is 1.95. The third-order valence-corrected chi connectivity index (χ3v) is 3.23. The van der Waals surface area contributed by atoms with Gasteiger partial charge in [0, 0.05) is 25.2 Å². The van der Waals surface area contributed by atoms with E-state index in [-0.39, 0.29) is 5.91 Å². The minimum absolute atomic E-state index is 0.111. The minimum Gasteiger partial charge on any atom is -0.353 e. The molecule has 1 fully saturated rings. The van der Waals surface area contributed by atoms with Crippen LogP contribution in [0.1, 0.15) is 39.5 Å². The van der Waals surface area contributed by atoms with Crippen LogP contribution < -0.4 is 10.6 Å². The summed E-state index contributed by atoms with van der Waals surface area (Å²) in [5.41, 5.74) is 0. The predicted octanol–water partition coefficient (Wildman–Crippen LogP) is 0.975. The van der Waals surface area contributed by atoms with Gasteiger partial charge in [0.25, 0.3) is 0 Å². The summed E-state index contributed by atoms with van der Waals surface area (Å²) in [5.74, 6) is 0.111. The Morgan fingerprint density at radius 3 is 2.76 bits per heavy atom. The van der Waals surface area contributed by atoms with Gasteiger partial charge in [-0.1, -0.05) is 13.3 Å². The molecule has 4 heteroatoms. The molecule has 1 unspecified atom stereocenters. The van der Waals surface area contributed by atoms with Gasteiger partial charge in [-0.25, -0.2) is 0 Å². The highest BCUT2D eigenvalue weighted by Crippen LogP contribution is 2.24. The predicted molar refractivity (Wildman–Crippen MR) is 71.0 cm³/mol. The number of nitrogens with zero attached hydrogens (tertiary/aromatic N) is 1. The van der Waals surface area contributed by atoms with Crippen LogP contribution in [0.2, 0.25) is 0 Å². The van der Waals surface area contributed by atoms with Crippen LogP contribution in [0.25, 0.3) is 0 Å². The topological polar surface area (TPSA) is 44.4 Å². The summed E-state index contributed by atoms with van der Waals surface area (Å²) < 4.78 is 0. The van der Waals surface area contributed by atoms with Gasteiger partial charge in [-0.15, -0.1) is 0 Å². The smallest absolute Gasteiger partial charge is 0.234 e. The summed E-state index contributed by atoms with van der Waals surface area (Å²) in [7, 11) is 2.16. The maximum Gasteiger partial charge on any atom is 0.234 e. The van der Waals surface area contributed by atoms with Gasteiger partial charge >= 0.3 is 0 Å². The molecular weight excluding hydrogens is 214 g/mol. The molecule has 4 nitrogen and oxygen atoms in total. The monoisotopic (exact) mass is 241 g/mol. The highest BCUT2D eigenvalue weighted by molar-refractivity contribution is 5.78. The first-order valence-electron chi connectivity index (χ1n) is 6.83. The van der Waals surface area contributed by atoms with Crippen molar-refractivity contribution in [3.63, 3.8) is 0 Å². The number of amides is 1. The molecule has 0 bridgehead atoms. The SMILES string of the molecule is CCCC(C)NC(=O)CNCCN(C)C1CC1. The Hall–Kier alpha value is -0.610. The van der Waals surface area contributed by atoms with Crippen molar-refractivity contribution in [2.75, 3.05) is 26.7 Å². The zero-order valence-corrected chi connectivity index (χ0v) is 11.5. The lowest BCUT2D eigenvalue weighted by molar-refractivity contribution is -0.120. The van der Waals surface area contributed by atoms with Crippen molar-refractivity contribution in [3.05, 3.63) is 0 Å². The van der Waals surface area contributed by atoms with E-state index in [9.17, 15) is 4.79 Å². The summed E-state index contributed by atoms with van der Waals surface area (Å²) in [5, 5.41) is 6.18. The minimum atomic E-state index is 0.111. The second-order valence-corrected chi connectivity index (χ2v) is 5.15. The highest BCUT2D eigenvalue weighted by atomic mass is 16.1. The molecule has 1 atom stereocenters. The van der Waals surface area contributed by atoms with Crippen molar-refractivity contribution in [3.8, 4) is 0 Å². The van der Waals surface area contributed by atoms with Crippen LogP contribution in [0.15, 0.2) is 0 Å². The van der Waals surface area contributed by atoms with E-state index < -0.39 is 0 Å². The number of hydrogen-bond acceptors (Lipinski definition) is 3.